The monoisotopic (exact) mass is 374 g/mol. The number of imidazole rings is 1. The van der Waals surface area contributed by atoms with Crippen LogP contribution in [0, 0.1) is 13.8 Å². The van der Waals surface area contributed by atoms with Crippen LogP contribution >= 0.6 is 0 Å². The molecule has 7 nitrogen and oxygen atoms in total. The number of fused-ring (bicyclic) bond motifs is 1. The second-order valence-corrected chi connectivity index (χ2v) is 6.91. The van der Waals surface area contributed by atoms with Crippen LogP contribution in [0.25, 0.3) is 29.2 Å². The fourth-order valence-corrected chi connectivity index (χ4v) is 3.14. The van der Waals surface area contributed by atoms with Gasteiger partial charge in [-0.05, 0) is 39.0 Å². The van der Waals surface area contributed by atoms with E-state index in [0.717, 1.165) is 28.5 Å². The van der Waals surface area contributed by atoms with Crippen molar-refractivity contribution >= 4 is 17.9 Å². The average molecular weight is 374 g/mol. The van der Waals surface area contributed by atoms with Crippen LogP contribution in [0.4, 0.5) is 0 Å². The molecule has 0 saturated carbocycles. The zero-order valence-electron chi connectivity index (χ0n) is 16.1. The van der Waals surface area contributed by atoms with Gasteiger partial charge in [-0.1, -0.05) is 30.3 Å². The van der Waals surface area contributed by atoms with Crippen molar-refractivity contribution in [3.63, 3.8) is 0 Å². The maximum Gasteiger partial charge on any atom is 0.253 e. The summed E-state index contributed by atoms with van der Waals surface area (Å²) in [6.45, 7) is 6.13. The molecule has 1 atom stereocenters. The second kappa shape index (κ2) is 7.36. The fraction of sp³-hybridized carbons (Fsp3) is 0.238. The minimum Gasteiger partial charge on any atom is -0.392 e. The van der Waals surface area contributed by atoms with Gasteiger partial charge in [0.15, 0.2) is 5.82 Å². The van der Waals surface area contributed by atoms with Crippen LogP contribution in [0.5, 0.6) is 0 Å². The van der Waals surface area contributed by atoms with Crippen molar-refractivity contribution < 1.29 is 5.11 Å². The molecule has 0 aliphatic rings. The molecule has 7 heteroatoms. The van der Waals surface area contributed by atoms with Crippen molar-refractivity contribution in [2.45, 2.75) is 33.4 Å². The fourth-order valence-electron chi connectivity index (χ4n) is 3.14. The summed E-state index contributed by atoms with van der Waals surface area (Å²) >= 11 is 0. The molecule has 0 amide bonds. The van der Waals surface area contributed by atoms with Crippen molar-refractivity contribution in [1.29, 1.82) is 0 Å². The Balaban J connectivity index is 1.70. The first kappa shape index (κ1) is 18.1. The highest BCUT2D eigenvalue weighted by molar-refractivity contribution is 5.67. The molecule has 0 aliphatic heterocycles. The standard InChI is InChI=1S/C21H22N6O/c1-14-11-15(2)27-21(22-14)24-19(25-27)9-10-20-23-18(13-26(20)12-16(3)28)17-7-5-4-6-8-17/h4-11,13,16,28H,12H2,1-3H3/t16-/m0/s1. The lowest BCUT2D eigenvalue weighted by Gasteiger charge is -2.06. The number of aliphatic hydroxyl groups is 1. The summed E-state index contributed by atoms with van der Waals surface area (Å²) in [5, 5.41) is 14.3. The lowest BCUT2D eigenvalue weighted by Crippen LogP contribution is -2.12. The number of rotatable bonds is 5. The van der Waals surface area contributed by atoms with Gasteiger partial charge in [0.1, 0.15) is 5.82 Å². The Labute approximate surface area is 163 Å². The van der Waals surface area contributed by atoms with E-state index in [1.165, 1.54) is 0 Å². The van der Waals surface area contributed by atoms with Crippen LogP contribution in [-0.2, 0) is 6.54 Å². The average Bonchev–Trinajstić information content (AvgIpc) is 3.24. The van der Waals surface area contributed by atoms with Crippen LogP contribution in [0.1, 0.15) is 30.0 Å². The van der Waals surface area contributed by atoms with E-state index in [2.05, 4.69) is 15.1 Å². The van der Waals surface area contributed by atoms with Crippen molar-refractivity contribution in [3.05, 3.63) is 65.6 Å². The van der Waals surface area contributed by atoms with Crippen molar-refractivity contribution in [2.24, 2.45) is 0 Å². The SMILES string of the molecule is Cc1cc(C)n2nc(C=Cc3nc(-c4ccccc4)cn3C[C@H](C)O)nc2n1. The summed E-state index contributed by atoms with van der Waals surface area (Å²) in [7, 11) is 0. The molecule has 0 radical (unpaired) electrons. The molecule has 142 valence electrons. The first-order valence-corrected chi connectivity index (χ1v) is 9.19. The highest BCUT2D eigenvalue weighted by Gasteiger charge is 2.10. The Bertz CT molecular complexity index is 1140. The van der Waals surface area contributed by atoms with E-state index in [1.807, 2.05) is 73.2 Å². The quantitative estimate of drug-likeness (QED) is 0.580. The zero-order valence-corrected chi connectivity index (χ0v) is 16.1. The predicted molar refractivity (Wildman–Crippen MR) is 109 cm³/mol. The van der Waals surface area contributed by atoms with Crippen molar-refractivity contribution in [1.82, 2.24) is 29.1 Å². The van der Waals surface area contributed by atoms with Gasteiger partial charge in [-0.25, -0.2) is 14.5 Å². The number of hydrogen-bond acceptors (Lipinski definition) is 5. The zero-order chi connectivity index (χ0) is 19.7. The lowest BCUT2D eigenvalue weighted by atomic mass is 10.2. The number of aliphatic hydroxyl groups excluding tert-OH is 1. The summed E-state index contributed by atoms with van der Waals surface area (Å²) in [6, 6.07) is 11.9. The molecule has 3 aromatic heterocycles. The molecular weight excluding hydrogens is 352 g/mol. The Morgan fingerprint density at radius 2 is 1.86 bits per heavy atom. The molecule has 4 rings (SSSR count). The van der Waals surface area contributed by atoms with Gasteiger partial charge in [0, 0.05) is 29.7 Å². The van der Waals surface area contributed by atoms with Gasteiger partial charge in [0.2, 0.25) is 0 Å². The Morgan fingerprint density at radius 3 is 2.61 bits per heavy atom. The smallest absolute Gasteiger partial charge is 0.253 e. The number of nitrogens with zero attached hydrogens (tertiary/aromatic N) is 6. The van der Waals surface area contributed by atoms with E-state index < -0.39 is 6.10 Å². The number of hydrogen-bond donors (Lipinski definition) is 1. The van der Waals surface area contributed by atoms with Gasteiger partial charge < -0.3 is 9.67 Å². The van der Waals surface area contributed by atoms with E-state index in [1.54, 1.807) is 11.4 Å². The molecular formula is C21H22N6O. The first-order valence-electron chi connectivity index (χ1n) is 9.19. The Hall–Kier alpha value is -3.32. The summed E-state index contributed by atoms with van der Waals surface area (Å²) in [5.74, 6) is 1.88. The Morgan fingerprint density at radius 1 is 1.07 bits per heavy atom. The summed E-state index contributed by atoms with van der Waals surface area (Å²) < 4.78 is 3.66. The minimum absolute atomic E-state index is 0.456. The second-order valence-electron chi connectivity index (χ2n) is 6.91. The van der Waals surface area contributed by atoms with E-state index in [4.69, 9.17) is 4.98 Å². The highest BCUT2D eigenvalue weighted by atomic mass is 16.3. The normalized spacial score (nSPS) is 12.9. The van der Waals surface area contributed by atoms with Gasteiger partial charge in [-0.3, -0.25) is 0 Å². The lowest BCUT2D eigenvalue weighted by molar-refractivity contribution is 0.173. The molecule has 28 heavy (non-hydrogen) atoms. The van der Waals surface area contributed by atoms with Crippen molar-refractivity contribution in [2.75, 3.05) is 0 Å². The van der Waals surface area contributed by atoms with E-state index in [0.29, 0.717) is 18.1 Å². The Kier molecular flexibility index (Phi) is 4.75. The minimum atomic E-state index is -0.479. The van der Waals surface area contributed by atoms with Crippen LogP contribution in [0.15, 0.2) is 42.6 Å². The van der Waals surface area contributed by atoms with Gasteiger partial charge in [-0.2, -0.15) is 4.98 Å². The first-order chi connectivity index (χ1) is 13.5. The molecule has 1 aromatic carbocycles. The molecule has 0 aliphatic carbocycles. The topological polar surface area (TPSA) is 81.1 Å². The van der Waals surface area contributed by atoms with Gasteiger partial charge in [-0.15, -0.1) is 5.10 Å². The summed E-state index contributed by atoms with van der Waals surface area (Å²) in [6.07, 6.45) is 5.16. The molecule has 0 saturated heterocycles. The maximum atomic E-state index is 9.84. The largest absolute Gasteiger partial charge is 0.392 e. The van der Waals surface area contributed by atoms with Gasteiger partial charge in [0.05, 0.1) is 11.8 Å². The maximum absolute atomic E-state index is 9.84. The number of aromatic nitrogens is 6. The van der Waals surface area contributed by atoms with E-state index in [9.17, 15) is 5.11 Å². The predicted octanol–water partition coefficient (Wildman–Crippen LogP) is 3.16. The van der Waals surface area contributed by atoms with Crippen LogP contribution < -0.4 is 0 Å². The third kappa shape index (κ3) is 3.70. The van der Waals surface area contributed by atoms with Gasteiger partial charge in [0.25, 0.3) is 5.78 Å². The molecule has 1 N–H and O–H groups in total. The van der Waals surface area contributed by atoms with Crippen LogP contribution in [0.3, 0.4) is 0 Å². The third-order valence-corrected chi connectivity index (χ3v) is 4.35. The van der Waals surface area contributed by atoms with Crippen LogP contribution in [0.2, 0.25) is 0 Å². The number of aryl methyl sites for hydroxylation is 2. The van der Waals surface area contributed by atoms with Gasteiger partial charge >= 0.3 is 0 Å². The number of benzene rings is 1. The van der Waals surface area contributed by atoms with Crippen molar-refractivity contribution in [3.8, 4) is 11.3 Å². The third-order valence-electron chi connectivity index (χ3n) is 4.35. The molecule has 0 unspecified atom stereocenters. The summed E-state index contributed by atoms with van der Waals surface area (Å²) in [4.78, 5) is 13.6. The molecule has 0 fully saturated rings. The summed E-state index contributed by atoms with van der Waals surface area (Å²) in [5.41, 5.74) is 3.78. The van der Waals surface area contributed by atoms with E-state index >= 15 is 0 Å². The molecule has 4 aromatic rings. The molecule has 0 spiro atoms. The van der Waals surface area contributed by atoms with E-state index in [-0.39, 0.29) is 0 Å². The highest BCUT2D eigenvalue weighted by Crippen LogP contribution is 2.20. The molecule has 0 bridgehead atoms. The van der Waals surface area contributed by atoms with Crippen LogP contribution in [-0.4, -0.2) is 40.3 Å². The molecule has 3 heterocycles.